The third kappa shape index (κ3) is 4.81. The van der Waals surface area contributed by atoms with Gasteiger partial charge in [0.1, 0.15) is 11.8 Å². The SMILES string of the molecule is COc1ccc(C)cc1NC(=O)C(c1ccccc1)N(C)CC(=O)O. The zero-order chi connectivity index (χ0) is 18.4. The van der Waals surface area contributed by atoms with Gasteiger partial charge in [0.25, 0.3) is 0 Å². The molecular formula is C19H22N2O4. The Labute approximate surface area is 147 Å². The first kappa shape index (κ1) is 18.5. The molecule has 0 spiro atoms. The largest absolute Gasteiger partial charge is 0.495 e. The third-order valence-corrected chi connectivity index (χ3v) is 3.80. The van der Waals surface area contributed by atoms with E-state index in [9.17, 15) is 9.59 Å². The molecule has 0 aliphatic rings. The number of rotatable bonds is 7. The van der Waals surface area contributed by atoms with Gasteiger partial charge in [-0.15, -0.1) is 0 Å². The molecule has 0 radical (unpaired) electrons. The van der Waals surface area contributed by atoms with Crippen molar-refractivity contribution >= 4 is 17.6 Å². The van der Waals surface area contributed by atoms with E-state index < -0.39 is 12.0 Å². The third-order valence-electron chi connectivity index (χ3n) is 3.80. The van der Waals surface area contributed by atoms with Crippen molar-refractivity contribution in [3.63, 3.8) is 0 Å². The number of carboxylic acids is 1. The number of amides is 1. The first-order valence-electron chi connectivity index (χ1n) is 7.85. The molecule has 0 heterocycles. The first-order chi connectivity index (χ1) is 11.9. The standard InChI is InChI=1S/C19H22N2O4/c1-13-9-10-16(25-3)15(11-13)20-19(24)18(21(2)12-17(22)23)14-7-5-4-6-8-14/h4-11,18H,12H2,1-3H3,(H,20,24)(H,22,23). The topological polar surface area (TPSA) is 78.9 Å². The summed E-state index contributed by atoms with van der Waals surface area (Å²) in [6.07, 6.45) is 0. The Kier molecular flexibility index (Phi) is 6.14. The second kappa shape index (κ2) is 8.30. The summed E-state index contributed by atoms with van der Waals surface area (Å²) < 4.78 is 5.29. The molecule has 6 nitrogen and oxygen atoms in total. The lowest BCUT2D eigenvalue weighted by Crippen LogP contribution is -2.37. The number of carbonyl (C=O) groups excluding carboxylic acids is 1. The second-order valence-electron chi connectivity index (χ2n) is 5.82. The molecule has 0 aromatic heterocycles. The zero-order valence-electron chi connectivity index (χ0n) is 14.5. The van der Waals surface area contributed by atoms with Gasteiger partial charge in [-0.2, -0.15) is 0 Å². The Hall–Kier alpha value is -2.86. The van der Waals surface area contributed by atoms with Gasteiger partial charge in [-0.25, -0.2) is 0 Å². The van der Waals surface area contributed by atoms with Gasteiger partial charge in [0.2, 0.25) is 5.91 Å². The molecule has 0 saturated carbocycles. The molecule has 1 atom stereocenters. The van der Waals surface area contributed by atoms with Crippen LogP contribution >= 0.6 is 0 Å². The fourth-order valence-corrected chi connectivity index (χ4v) is 2.67. The van der Waals surface area contributed by atoms with E-state index in [0.717, 1.165) is 11.1 Å². The summed E-state index contributed by atoms with van der Waals surface area (Å²) in [4.78, 5) is 25.5. The Morgan fingerprint density at radius 2 is 1.88 bits per heavy atom. The normalized spacial score (nSPS) is 11.8. The highest BCUT2D eigenvalue weighted by molar-refractivity contribution is 5.97. The van der Waals surface area contributed by atoms with Crippen LogP contribution in [0.15, 0.2) is 48.5 Å². The molecule has 132 valence electrons. The number of carboxylic acid groups (broad SMARTS) is 1. The quantitative estimate of drug-likeness (QED) is 0.809. The number of likely N-dealkylation sites (N-methyl/N-ethyl adjacent to an activating group) is 1. The van der Waals surface area contributed by atoms with Crippen molar-refractivity contribution < 1.29 is 19.4 Å². The van der Waals surface area contributed by atoms with E-state index in [4.69, 9.17) is 9.84 Å². The summed E-state index contributed by atoms with van der Waals surface area (Å²) in [5, 5.41) is 11.9. The second-order valence-corrected chi connectivity index (χ2v) is 5.82. The van der Waals surface area contributed by atoms with Crippen molar-refractivity contribution in [2.75, 3.05) is 26.0 Å². The monoisotopic (exact) mass is 342 g/mol. The number of carbonyl (C=O) groups is 2. The Morgan fingerprint density at radius 3 is 2.48 bits per heavy atom. The van der Waals surface area contributed by atoms with Crippen LogP contribution < -0.4 is 10.1 Å². The maximum absolute atomic E-state index is 12.9. The highest BCUT2D eigenvalue weighted by Crippen LogP contribution is 2.28. The molecular weight excluding hydrogens is 320 g/mol. The highest BCUT2D eigenvalue weighted by atomic mass is 16.5. The number of nitrogens with zero attached hydrogens (tertiary/aromatic N) is 1. The number of aliphatic carboxylic acids is 1. The van der Waals surface area contributed by atoms with Gasteiger partial charge in [-0.05, 0) is 37.2 Å². The van der Waals surface area contributed by atoms with Crippen molar-refractivity contribution in [1.29, 1.82) is 0 Å². The molecule has 2 aromatic rings. The van der Waals surface area contributed by atoms with E-state index in [-0.39, 0.29) is 12.5 Å². The number of hydrogen-bond donors (Lipinski definition) is 2. The summed E-state index contributed by atoms with van der Waals surface area (Å²) in [5.41, 5.74) is 2.25. The average Bonchev–Trinajstić information content (AvgIpc) is 2.55. The van der Waals surface area contributed by atoms with Gasteiger partial charge >= 0.3 is 5.97 Å². The van der Waals surface area contributed by atoms with Gasteiger partial charge < -0.3 is 15.2 Å². The van der Waals surface area contributed by atoms with Crippen molar-refractivity contribution in [2.45, 2.75) is 13.0 Å². The fraction of sp³-hybridized carbons (Fsp3) is 0.263. The molecule has 6 heteroatoms. The molecule has 1 unspecified atom stereocenters. The predicted octanol–water partition coefficient (Wildman–Crippen LogP) is 2.70. The predicted molar refractivity (Wildman–Crippen MR) is 95.8 cm³/mol. The number of hydrogen-bond acceptors (Lipinski definition) is 4. The molecule has 0 aliphatic carbocycles. The molecule has 0 aliphatic heterocycles. The summed E-state index contributed by atoms with van der Waals surface area (Å²) in [7, 11) is 3.14. The van der Waals surface area contributed by atoms with Crippen LogP contribution in [0.1, 0.15) is 17.2 Å². The number of methoxy groups -OCH3 is 1. The van der Waals surface area contributed by atoms with Crippen molar-refractivity contribution in [2.24, 2.45) is 0 Å². The Balaban J connectivity index is 2.32. The van der Waals surface area contributed by atoms with Crippen molar-refractivity contribution in [3.8, 4) is 5.75 Å². The minimum absolute atomic E-state index is 0.252. The van der Waals surface area contributed by atoms with Gasteiger partial charge in [-0.3, -0.25) is 14.5 Å². The van der Waals surface area contributed by atoms with Crippen LogP contribution in [-0.2, 0) is 9.59 Å². The number of anilines is 1. The van der Waals surface area contributed by atoms with Gasteiger partial charge in [0.15, 0.2) is 0 Å². The van der Waals surface area contributed by atoms with E-state index in [0.29, 0.717) is 11.4 Å². The van der Waals surface area contributed by atoms with E-state index >= 15 is 0 Å². The van der Waals surface area contributed by atoms with E-state index in [1.165, 1.54) is 12.0 Å². The molecule has 2 aromatic carbocycles. The van der Waals surface area contributed by atoms with E-state index in [1.807, 2.05) is 37.3 Å². The van der Waals surface area contributed by atoms with E-state index in [2.05, 4.69) is 5.32 Å². The maximum atomic E-state index is 12.9. The Bertz CT molecular complexity index is 746. The maximum Gasteiger partial charge on any atom is 0.317 e. The zero-order valence-corrected chi connectivity index (χ0v) is 14.5. The highest BCUT2D eigenvalue weighted by Gasteiger charge is 2.27. The van der Waals surface area contributed by atoms with Crippen LogP contribution in [0.2, 0.25) is 0 Å². The van der Waals surface area contributed by atoms with E-state index in [1.54, 1.807) is 25.2 Å². The molecule has 0 bridgehead atoms. The lowest BCUT2D eigenvalue weighted by atomic mass is 10.0. The fourth-order valence-electron chi connectivity index (χ4n) is 2.67. The van der Waals surface area contributed by atoms with Gasteiger partial charge in [0, 0.05) is 0 Å². The van der Waals surface area contributed by atoms with Crippen LogP contribution in [0.5, 0.6) is 5.75 Å². The lowest BCUT2D eigenvalue weighted by Gasteiger charge is -2.26. The molecule has 2 N–H and O–H groups in total. The van der Waals surface area contributed by atoms with Crippen LogP contribution in [0, 0.1) is 6.92 Å². The van der Waals surface area contributed by atoms with Crippen LogP contribution in [-0.4, -0.2) is 42.6 Å². The smallest absolute Gasteiger partial charge is 0.317 e. The molecule has 25 heavy (non-hydrogen) atoms. The number of ether oxygens (including phenoxy) is 1. The molecule has 0 saturated heterocycles. The van der Waals surface area contributed by atoms with Crippen LogP contribution in [0.4, 0.5) is 5.69 Å². The van der Waals surface area contributed by atoms with Gasteiger partial charge in [0.05, 0.1) is 19.3 Å². The summed E-state index contributed by atoms with van der Waals surface area (Å²) in [6, 6.07) is 13.8. The average molecular weight is 342 g/mol. The number of benzene rings is 2. The Morgan fingerprint density at radius 1 is 1.20 bits per heavy atom. The molecule has 1 amide bonds. The number of nitrogens with one attached hydrogen (secondary N) is 1. The molecule has 0 fully saturated rings. The van der Waals surface area contributed by atoms with Crippen LogP contribution in [0.3, 0.4) is 0 Å². The summed E-state index contributed by atoms with van der Waals surface area (Å²) >= 11 is 0. The van der Waals surface area contributed by atoms with Crippen LogP contribution in [0.25, 0.3) is 0 Å². The van der Waals surface area contributed by atoms with Crippen molar-refractivity contribution in [3.05, 3.63) is 59.7 Å². The summed E-state index contributed by atoms with van der Waals surface area (Å²) in [5.74, 6) is -0.769. The minimum atomic E-state index is -0.996. The molecule has 2 rings (SSSR count). The first-order valence-corrected chi connectivity index (χ1v) is 7.85. The van der Waals surface area contributed by atoms with Gasteiger partial charge in [-0.1, -0.05) is 36.4 Å². The summed E-state index contributed by atoms with van der Waals surface area (Å²) in [6.45, 7) is 1.66. The number of aryl methyl sites for hydroxylation is 1. The lowest BCUT2D eigenvalue weighted by molar-refractivity contribution is -0.139. The van der Waals surface area contributed by atoms with Crippen molar-refractivity contribution in [1.82, 2.24) is 4.90 Å². The minimum Gasteiger partial charge on any atom is -0.495 e.